The van der Waals surface area contributed by atoms with Crippen LogP contribution in [-0.2, 0) is 4.84 Å². The smallest absolute Gasteiger partial charge is 0.122 e. The van der Waals surface area contributed by atoms with Crippen molar-refractivity contribution in [3.8, 4) is 0 Å². The molecule has 0 unspecified atom stereocenters. The van der Waals surface area contributed by atoms with E-state index in [-0.39, 0.29) is 12.4 Å². The molecule has 0 fully saturated rings. The van der Waals surface area contributed by atoms with Crippen LogP contribution in [-0.4, -0.2) is 12.8 Å². The molecule has 0 bridgehead atoms. The predicted octanol–water partition coefficient (Wildman–Crippen LogP) is 0.814. The Morgan fingerprint density at radius 2 is 2.50 bits per heavy atom. The van der Waals surface area contributed by atoms with E-state index >= 15 is 0 Å². The van der Waals surface area contributed by atoms with Crippen LogP contribution in [0.1, 0.15) is 6.42 Å². The Morgan fingerprint density at radius 3 is 2.67 bits per heavy atom. The molecule has 0 saturated heterocycles. The van der Waals surface area contributed by atoms with Crippen LogP contribution in [0.2, 0.25) is 0 Å². The van der Waals surface area contributed by atoms with Gasteiger partial charge in [-0.05, 0) is 0 Å². The van der Waals surface area contributed by atoms with Crippen molar-refractivity contribution in [2.75, 3.05) is 6.61 Å². The number of nitrogens with zero attached hydrogens (tertiary/aromatic N) is 1. The van der Waals surface area contributed by atoms with Crippen LogP contribution in [0.3, 0.4) is 0 Å². The minimum Gasteiger partial charge on any atom is -0.396 e. The van der Waals surface area contributed by atoms with Crippen molar-refractivity contribution in [1.29, 1.82) is 0 Å². The van der Waals surface area contributed by atoms with Crippen molar-refractivity contribution in [1.82, 2.24) is 0 Å². The average Bonchev–Trinajstić information content (AvgIpc) is 1.76. The topological polar surface area (TPSA) is 21.6 Å². The second-order valence-electron chi connectivity index (χ2n) is 0.910. The normalized spacial score (nSPS) is 16.0. The summed E-state index contributed by atoms with van der Waals surface area (Å²) in [6.07, 6.45) is 2.75. The molecule has 2 nitrogen and oxygen atoms in total. The van der Waals surface area contributed by atoms with Crippen LogP contribution < -0.4 is 0 Å². The van der Waals surface area contributed by atoms with Gasteiger partial charge in [-0.15, -0.1) is 12.4 Å². The fourth-order valence-corrected chi connectivity index (χ4v) is 0.264. The number of rotatable bonds is 0. The first-order valence-electron chi connectivity index (χ1n) is 1.64. The number of hydrogen-bond donors (Lipinski definition) is 0. The molecular formula is C3H6ClNO. The molecule has 3 heteroatoms. The maximum Gasteiger partial charge on any atom is 0.122 e. The van der Waals surface area contributed by atoms with E-state index in [1.807, 2.05) is 0 Å². The largest absolute Gasteiger partial charge is 0.396 e. The lowest BCUT2D eigenvalue weighted by molar-refractivity contribution is 0.174. The Labute approximate surface area is 42.6 Å². The van der Waals surface area contributed by atoms with E-state index < -0.39 is 0 Å². The Bertz CT molecular complexity index is 48.8. The van der Waals surface area contributed by atoms with E-state index in [0.717, 1.165) is 13.0 Å². The van der Waals surface area contributed by atoms with Gasteiger partial charge in [-0.1, -0.05) is 5.16 Å². The zero-order valence-corrected chi connectivity index (χ0v) is 4.07. The number of halogens is 1. The lowest BCUT2D eigenvalue weighted by Gasteiger charge is -1.76. The molecule has 0 saturated carbocycles. The summed E-state index contributed by atoms with van der Waals surface area (Å²) in [5.41, 5.74) is 0. The zero-order chi connectivity index (χ0) is 3.54. The number of oxime groups is 1. The van der Waals surface area contributed by atoms with Gasteiger partial charge in [0.2, 0.25) is 0 Å². The third kappa shape index (κ3) is 1.26. The van der Waals surface area contributed by atoms with E-state index in [1.165, 1.54) is 0 Å². The quantitative estimate of drug-likeness (QED) is 0.449. The zero-order valence-electron chi connectivity index (χ0n) is 3.26. The van der Waals surface area contributed by atoms with Gasteiger partial charge in [0.15, 0.2) is 0 Å². The average molecular weight is 108 g/mol. The van der Waals surface area contributed by atoms with E-state index in [4.69, 9.17) is 0 Å². The third-order valence-corrected chi connectivity index (χ3v) is 0.487. The van der Waals surface area contributed by atoms with Crippen LogP contribution in [0.25, 0.3) is 0 Å². The van der Waals surface area contributed by atoms with Crippen LogP contribution in [0.15, 0.2) is 5.16 Å². The van der Waals surface area contributed by atoms with E-state index in [2.05, 4.69) is 9.99 Å². The van der Waals surface area contributed by atoms with Gasteiger partial charge in [0.25, 0.3) is 0 Å². The minimum atomic E-state index is 0. The minimum absolute atomic E-state index is 0. The molecule has 0 spiro atoms. The highest BCUT2D eigenvalue weighted by molar-refractivity contribution is 5.85. The molecule has 6 heavy (non-hydrogen) atoms. The highest BCUT2D eigenvalue weighted by Crippen LogP contribution is 1.86. The van der Waals surface area contributed by atoms with Crippen LogP contribution in [0.4, 0.5) is 0 Å². The van der Waals surface area contributed by atoms with Crippen LogP contribution in [0, 0.1) is 0 Å². The summed E-state index contributed by atoms with van der Waals surface area (Å²) in [5, 5.41) is 3.46. The van der Waals surface area contributed by atoms with Gasteiger partial charge >= 0.3 is 0 Å². The maximum atomic E-state index is 4.51. The van der Waals surface area contributed by atoms with E-state index in [1.54, 1.807) is 6.21 Å². The summed E-state index contributed by atoms with van der Waals surface area (Å²) in [6.45, 7) is 0.778. The van der Waals surface area contributed by atoms with E-state index in [0.29, 0.717) is 0 Å². The van der Waals surface area contributed by atoms with Crippen molar-refractivity contribution >= 4 is 18.6 Å². The van der Waals surface area contributed by atoms with Crippen molar-refractivity contribution < 1.29 is 4.84 Å². The summed E-state index contributed by atoms with van der Waals surface area (Å²) in [7, 11) is 0. The number of hydrogen-bond acceptors (Lipinski definition) is 2. The molecule has 1 aliphatic heterocycles. The van der Waals surface area contributed by atoms with Crippen molar-refractivity contribution in [2.45, 2.75) is 6.42 Å². The Hall–Kier alpha value is -0.240. The standard InChI is InChI=1S/C3H5NO.ClH/c1-2-4-5-3-1;/h2H,1,3H2;1H. The fraction of sp³-hybridized carbons (Fsp3) is 0.667. The lowest BCUT2D eigenvalue weighted by Crippen LogP contribution is -1.72. The highest BCUT2D eigenvalue weighted by Gasteiger charge is 1.86. The third-order valence-electron chi connectivity index (χ3n) is 0.487. The lowest BCUT2D eigenvalue weighted by atomic mass is 10.5. The second-order valence-corrected chi connectivity index (χ2v) is 0.910. The first kappa shape index (κ1) is 5.76. The Morgan fingerprint density at radius 1 is 1.67 bits per heavy atom. The summed E-state index contributed by atoms with van der Waals surface area (Å²) in [4.78, 5) is 4.51. The van der Waals surface area contributed by atoms with Gasteiger partial charge in [-0.2, -0.15) is 0 Å². The molecule has 0 atom stereocenters. The molecule has 1 rings (SSSR count). The molecule has 36 valence electrons. The molecule has 0 N–H and O–H groups in total. The SMILES string of the molecule is C1=NOCC1.Cl. The molecule has 1 aliphatic rings. The predicted molar refractivity (Wildman–Crippen MR) is 26.3 cm³/mol. The monoisotopic (exact) mass is 107 g/mol. The molecule has 0 aromatic heterocycles. The van der Waals surface area contributed by atoms with Crippen LogP contribution >= 0.6 is 12.4 Å². The highest BCUT2D eigenvalue weighted by atomic mass is 35.5. The summed E-state index contributed by atoms with van der Waals surface area (Å²) < 4.78 is 0. The van der Waals surface area contributed by atoms with Crippen molar-refractivity contribution in [3.05, 3.63) is 0 Å². The molecule has 0 amide bonds. The van der Waals surface area contributed by atoms with Gasteiger partial charge in [-0.3, -0.25) is 0 Å². The van der Waals surface area contributed by atoms with Gasteiger partial charge in [-0.25, -0.2) is 0 Å². The molecule has 1 heterocycles. The molecule has 0 radical (unpaired) electrons. The molecular weight excluding hydrogens is 101 g/mol. The molecule has 0 aromatic carbocycles. The van der Waals surface area contributed by atoms with Gasteiger partial charge in [0.1, 0.15) is 6.61 Å². The Kier molecular flexibility index (Phi) is 2.85. The Balaban J connectivity index is 0.000000250. The fourth-order valence-electron chi connectivity index (χ4n) is 0.264. The molecule has 0 aromatic rings. The maximum absolute atomic E-state index is 4.51. The first-order chi connectivity index (χ1) is 2.50. The first-order valence-corrected chi connectivity index (χ1v) is 1.64. The van der Waals surface area contributed by atoms with E-state index in [9.17, 15) is 0 Å². The summed E-state index contributed by atoms with van der Waals surface area (Å²) >= 11 is 0. The van der Waals surface area contributed by atoms with Gasteiger partial charge < -0.3 is 4.84 Å². The van der Waals surface area contributed by atoms with Gasteiger partial charge in [0.05, 0.1) is 0 Å². The van der Waals surface area contributed by atoms with Crippen molar-refractivity contribution in [3.63, 3.8) is 0 Å². The summed E-state index contributed by atoms with van der Waals surface area (Å²) in [6, 6.07) is 0. The van der Waals surface area contributed by atoms with Crippen LogP contribution in [0.5, 0.6) is 0 Å². The summed E-state index contributed by atoms with van der Waals surface area (Å²) in [5.74, 6) is 0. The van der Waals surface area contributed by atoms with Crippen molar-refractivity contribution in [2.24, 2.45) is 5.16 Å². The second kappa shape index (κ2) is 2.97. The van der Waals surface area contributed by atoms with Gasteiger partial charge in [0, 0.05) is 12.6 Å². The molecule has 0 aliphatic carbocycles.